The molecule has 0 bridgehead atoms. The van der Waals surface area contributed by atoms with Crippen molar-refractivity contribution >= 4 is 23.4 Å². The second-order valence-electron chi connectivity index (χ2n) is 9.87. The van der Waals surface area contributed by atoms with Crippen LogP contribution in [-0.4, -0.2) is 52.7 Å². The maximum absolute atomic E-state index is 15.5. The molecule has 3 heterocycles. The third kappa shape index (κ3) is 5.18. The van der Waals surface area contributed by atoms with Crippen LogP contribution < -0.4 is 25.2 Å². The van der Waals surface area contributed by atoms with Gasteiger partial charge in [0, 0.05) is 12.6 Å². The number of hydrogen-bond donors (Lipinski definition) is 2. The van der Waals surface area contributed by atoms with Gasteiger partial charge in [0.15, 0.2) is 11.6 Å². The molecule has 1 aliphatic carbocycles. The van der Waals surface area contributed by atoms with Crippen LogP contribution in [-0.2, 0) is 0 Å². The zero-order chi connectivity index (χ0) is 25.9. The normalized spacial score (nSPS) is 20.9. The molecule has 1 unspecified atom stereocenters. The molecule has 37 heavy (non-hydrogen) atoms. The largest absolute Gasteiger partial charge is 0.491 e. The van der Waals surface area contributed by atoms with Crippen LogP contribution in [0, 0.1) is 11.7 Å². The predicted octanol–water partition coefficient (Wildman–Crippen LogP) is 4.48. The molecule has 0 radical (unpaired) electrons. The Kier molecular flexibility index (Phi) is 7.40. The molecule has 2 atom stereocenters. The first-order valence-electron chi connectivity index (χ1n) is 13.0. The van der Waals surface area contributed by atoms with E-state index in [-0.39, 0.29) is 46.9 Å². The highest BCUT2D eigenvalue weighted by atomic mass is 19.1. The van der Waals surface area contributed by atoms with Gasteiger partial charge in [-0.2, -0.15) is 0 Å². The monoisotopic (exact) mass is 512 g/mol. The van der Waals surface area contributed by atoms with Gasteiger partial charge < -0.3 is 19.7 Å². The average Bonchev–Trinajstić information content (AvgIpc) is 3.26. The third-order valence-electron chi connectivity index (χ3n) is 7.51. The number of hydrazine groups is 1. The van der Waals surface area contributed by atoms with Crippen molar-refractivity contribution in [3.63, 3.8) is 0 Å². The number of piperidine rings is 1. The number of halogens is 1. The van der Waals surface area contributed by atoms with E-state index < -0.39 is 11.7 Å². The number of urea groups is 1. The Morgan fingerprint density at radius 2 is 1.95 bits per heavy atom. The van der Waals surface area contributed by atoms with Crippen LogP contribution in [0.15, 0.2) is 24.7 Å². The Bertz CT molecular complexity index is 1160. The fourth-order valence-corrected chi connectivity index (χ4v) is 5.42. The number of carbonyl (C=O) groups excluding carboxylic acids is 2. The van der Waals surface area contributed by atoms with Crippen molar-refractivity contribution in [1.82, 2.24) is 20.3 Å². The number of fused-ring (bicyclic) bond motifs is 1. The number of anilines is 2. The second kappa shape index (κ2) is 10.9. The van der Waals surface area contributed by atoms with Crippen LogP contribution in [0.2, 0.25) is 0 Å². The number of aromatic nitrogens is 2. The molecule has 1 saturated carbocycles. The van der Waals surface area contributed by atoms with Gasteiger partial charge >= 0.3 is 6.03 Å². The summed E-state index contributed by atoms with van der Waals surface area (Å²) < 4.78 is 27.1. The van der Waals surface area contributed by atoms with E-state index in [2.05, 4.69) is 20.7 Å². The lowest BCUT2D eigenvalue weighted by molar-refractivity contribution is 0.0996. The summed E-state index contributed by atoms with van der Waals surface area (Å²) in [7, 11) is 1.44. The topological polar surface area (TPSA) is 109 Å². The number of rotatable bonds is 7. The van der Waals surface area contributed by atoms with Crippen molar-refractivity contribution in [1.29, 1.82) is 0 Å². The molecule has 2 N–H and O–H groups in total. The van der Waals surface area contributed by atoms with Crippen molar-refractivity contribution < 1.29 is 23.5 Å². The molecule has 5 rings (SSSR count). The van der Waals surface area contributed by atoms with Crippen molar-refractivity contribution in [2.24, 2.45) is 5.92 Å². The van der Waals surface area contributed by atoms with Gasteiger partial charge in [-0.25, -0.2) is 29.6 Å². The summed E-state index contributed by atoms with van der Waals surface area (Å²) >= 11 is 0. The van der Waals surface area contributed by atoms with Crippen LogP contribution in [0.4, 0.5) is 20.7 Å². The molecule has 10 nitrogen and oxygen atoms in total. The number of carbonyl (C=O) groups is 2. The molecule has 3 amide bonds. The van der Waals surface area contributed by atoms with Crippen LogP contribution in [0.1, 0.15) is 68.6 Å². The molecular weight excluding hydrogens is 479 g/mol. The zero-order valence-corrected chi connectivity index (χ0v) is 21.2. The van der Waals surface area contributed by atoms with Crippen LogP contribution in [0.25, 0.3) is 0 Å². The first kappa shape index (κ1) is 25.2. The third-order valence-corrected chi connectivity index (χ3v) is 7.51. The minimum atomic E-state index is -0.710. The summed E-state index contributed by atoms with van der Waals surface area (Å²) in [6, 6.07) is 2.26. The van der Waals surface area contributed by atoms with Gasteiger partial charge in [0.2, 0.25) is 0 Å². The predicted molar refractivity (Wildman–Crippen MR) is 135 cm³/mol. The van der Waals surface area contributed by atoms with Crippen LogP contribution in [0.3, 0.4) is 0 Å². The maximum Gasteiger partial charge on any atom is 0.340 e. The molecule has 2 aromatic rings. The van der Waals surface area contributed by atoms with Gasteiger partial charge in [0.05, 0.1) is 25.0 Å². The number of methoxy groups -OCH3 is 1. The van der Waals surface area contributed by atoms with Gasteiger partial charge in [-0.05, 0) is 51.0 Å². The molecule has 11 heteroatoms. The second-order valence-corrected chi connectivity index (χ2v) is 9.87. The maximum atomic E-state index is 15.5. The number of hydrogen-bond acceptors (Lipinski definition) is 7. The first-order chi connectivity index (χ1) is 18.0. The van der Waals surface area contributed by atoms with E-state index in [4.69, 9.17) is 9.47 Å². The Balaban J connectivity index is 1.47. The van der Waals surface area contributed by atoms with Gasteiger partial charge in [-0.3, -0.25) is 4.79 Å². The fraction of sp³-hybridized carbons (Fsp3) is 0.538. The molecule has 2 aliphatic heterocycles. The van der Waals surface area contributed by atoms with E-state index >= 15 is 4.39 Å². The summed E-state index contributed by atoms with van der Waals surface area (Å²) in [5, 5.41) is 3.91. The SMILES string of the molecule is COc1cncnc1NC(=O)c1cc(F)c(N2NC3CCCCN3C2=O)cc1O[C@@H](C)C1CCCCC1. The molecule has 198 valence electrons. The van der Waals surface area contributed by atoms with E-state index in [1.807, 2.05) is 6.92 Å². The van der Waals surface area contributed by atoms with Crippen molar-refractivity contribution in [2.45, 2.75) is 70.6 Å². The summed E-state index contributed by atoms with van der Waals surface area (Å²) in [6.45, 7) is 2.60. The average molecular weight is 513 g/mol. The number of ether oxygens (including phenoxy) is 2. The van der Waals surface area contributed by atoms with Crippen molar-refractivity contribution in [3.8, 4) is 11.5 Å². The van der Waals surface area contributed by atoms with E-state index in [1.54, 1.807) is 4.90 Å². The molecule has 0 spiro atoms. The summed E-state index contributed by atoms with van der Waals surface area (Å²) in [5.74, 6) is -0.342. The highest BCUT2D eigenvalue weighted by molar-refractivity contribution is 6.07. The minimum Gasteiger partial charge on any atom is -0.491 e. The van der Waals surface area contributed by atoms with E-state index in [0.717, 1.165) is 51.0 Å². The summed E-state index contributed by atoms with van der Waals surface area (Å²) in [4.78, 5) is 36.1. The molecule has 3 fully saturated rings. The van der Waals surface area contributed by atoms with Crippen LogP contribution >= 0.6 is 0 Å². The summed E-state index contributed by atoms with van der Waals surface area (Å²) in [6.07, 6.45) is 10.6. The Labute approximate surface area is 215 Å². The highest BCUT2D eigenvalue weighted by Crippen LogP contribution is 2.36. The van der Waals surface area contributed by atoms with E-state index in [1.165, 1.54) is 37.1 Å². The quantitative estimate of drug-likeness (QED) is 0.563. The lowest BCUT2D eigenvalue weighted by Crippen LogP contribution is -2.40. The molecular formula is C26H33FN6O4. The standard InChI is InChI=1S/C26H33FN6O4/c1-16(17-8-4-3-5-9-17)37-21-13-20(33-26(35)32-11-7-6-10-23(32)31-33)19(27)12-18(21)25(34)30-24-22(36-2)14-28-15-29-24/h12-17,23,31H,3-11H2,1-2H3,(H,28,29,30,34)/t16-,23?/m0/s1. The van der Waals surface area contributed by atoms with Gasteiger partial charge in [0.1, 0.15) is 29.7 Å². The molecule has 1 aromatic heterocycles. The number of nitrogens with one attached hydrogen (secondary N) is 2. The lowest BCUT2D eigenvalue weighted by Gasteiger charge is -2.29. The minimum absolute atomic E-state index is 0.00828. The number of amides is 3. The van der Waals surface area contributed by atoms with E-state index in [0.29, 0.717) is 12.5 Å². The van der Waals surface area contributed by atoms with Gasteiger partial charge in [-0.15, -0.1) is 0 Å². The smallest absolute Gasteiger partial charge is 0.340 e. The number of benzene rings is 1. The fourth-order valence-electron chi connectivity index (χ4n) is 5.42. The van der Waals surface area contributed by atoms with Gasteiger partial charge in [-0.1, -0.05) is 19.3 Å². The van der Waals surface area contributed by atoms with Crippen molar-refractivity contribution in [2.75, 3.05) is 24.0 Å². The first-order valence-corrected chi connectivity index (χ1v) is 13.0. The van der Waals surface area contributed by atoms with Crippen molar-refractivity contribution in [3.05, 3.63) is 36.0 Å². The molecule has 2 saturated heterocycles. The highest BCUT2D eigenvalue weighted by Gasteiger charge is 2.40. The lowest BCUT2D eigenvalue weighted by atomic mass is 9.86. The Hall–Kier alpha value is -3.47. The van der Waals surface area contributed by atoms with Gasteiger partial charge in [0.25, 0.3) is 5.91 Å². The Morgan fingerprint density at radius 3 is 2.70 bits per heavy atom. The summed E-state index contributed by atoms with van der Waals surface area (Å²) in [5.41, 5.74) is 3.16. The Morgan fingerprint density at radius 1 is 1.16 bits per heavy atom. The van der Waals surface area contributed by atoms with E-state index in [9.17, 15) is 9.59 Å². The van der Waals surface area contributed by atoms with Crippen LogP contribution in [0.5, 0.6) is 11.5 Å². The molecule has 1 aromatic carbocycles. The zero-order valence-electron chi connectivity index (χ0n) is 21.2. The number of nitrogens with zero attached hydrogens (tertiary/aromatic N) is 4. The molecule has 3 aliphatic rings.